The molecule has 0 saturated heterocycles. The molecule has 2 heterocycles. The second-order valence-corrected chi connectivity index (χ2v) is 6.43. The van der Waals surface area contributed by atoms with Gasteiger partial charge >= 0.3 is 0 Å². The van der Waals surface area contributed by atoms with Crippen molar-refractivity contribution in [3.8, 4) is 0 Å². The van der Waals surface area contributed by atoms with Gasteiger partial charge in [-0.2, -0.15) is 0 Å². The number of hydrogen-bond donors (Lipinski definition) is 1. The summed E-state index contributed by atoms with van der Waals surface area (Å²) < 4.78 is 1.10. The lowest BCUT2D eigenvalue weighted by Crippen LogP contribution is -2.02. The highest BCUT2D eigenvalue weighted by Crippen LogP contribution is 2.28. The van der Waals surface area contributed by atoms with Gasteiger partial charge in [0.25, 0.3) is 0 Å². The maximum absolute atomic E-state index is 4.48. The molecule has 102 valence electrons. The molecule has 0 bridgehead atoms. The largest absolute Gasteiger partial charge is 0.365 e. The standard InChI is InChI=1S/C16H15BrN2S/c1-2-11-7-9-20-15(11)10-19-16-13-4-3-5-14(17)12(13)6-8-18-16/h3-9H,2,10H2,1H3,(H,18,19). The highest BCUT2D eigenvalue weighted by atomic mass is 79.9. The lowest BCUT2D eigenvalue weighted by atomic mass is 10.1. The van der Waals surface area contributed by atoms with Gasteiger partial charge in [0.15, 0.2) is 0 Å². The van der Waals surface area contributed by atoms with Crippen LogP contribution in [-0.2, 0) is 13.0 Å². The first kappa shape index (κ1) is 13.6. The van der Waals surface area contributed by atoms with Gasteiger partial charge in [0.2, 0.25) is 0 Å². The summed E-state index contributed by atoms with van der Waals surface area (Å²) in [6, 6.07) is 10.4. The Morgan fingerprint density at radius 3 is 2.95 bits per heavy atom. The molecule has 0 aliphatic carbocycles. The van der Waals surface area contributed by atoms with Gasteiger partial charge in [0.05, 0.1) is 6.54 Å². The van der Waals surface area contributed by atoms with Crippen LogP contribution in [0.15, 0.2) is 46.4 Å². The summed E-state index contributed by atoms with van der Waals surface area (Å²) in [7, 11) is 0. The Morgan fingerprint density at radius 2 is 2.10 bits per heavy atom. The number of hydrogen-bond acceptors (Lipinski definition) is 3. The zero-order valence-corrected chi connectivity index (χ0v) is 13.6. The van der Waals surface area contributed by atoms with Crippen molar-refractivity contribution in [2.45, 2.75) is 19.9 Å². The van der Waals surface area contributed by atoms with Crippen LogP contribution in [0.3, 0.4) is 0 Å². The summed E-state index contributed by atoms with van der Waals surface area (Å²) in [6.07, 6.45) is 2.93. The predicted octanol–water partition coefficient (Wildman–Crippen LogP) is 5.23. The van der Waals surface area contributed by atoms with Crippen molar-refractivity contribution in [1.82, 2.24) is 4.98 Å². The lowest BCUT2D eigenvalue weighted by molar-refractivity contribution is 1.07. The first-order valence-electron chi connectivity index (χ1n) is 6.62. The quantitative estimate of drug-likeness (QED) is 0.699. The van der Waals surface area contributed by atoms with Crippen LogP contribution in [0.1, 0.15) is 17.4 Å². The first-order chi connectivity index (χ1) is 9.79. The van der Waals surface area contributed by atoms with Gasteiger partial charge in [0, 0.05) is 26.3 Å². The SMILES string of the molecule is CCc1ccsc1CNc1nccc2c(Br)cccc12. The van der Waals surface area contributed by atoms with E-state index < -0.39 is 0 Å². The van der Waals surface area contributed by atoms with Gasteiger partial charge in [-0.25, -0.2) is 4.98 Å². The highest BCUT2D eigenvalue weighted by Gasteiger charge is 2.06. The molecule has 2 nitrogen and oxygen atoms in total. The average molecular weight is 347 g/mol. The number of rotatable bonds is 4. The van der Waals surface area contributed by atoms with E-state index in [9.17, 15) is 0 Å². The number of aromatic nitrogens is 1. The molecule has 0 atom stereocenters. The molecule has 0 unspecified atom stereocenters. The smallest absolute Gasteiger partial charge is 0.134 e. The molecule has 0 fully saturated rings. The van der Waals surface area contributed by atoms with Crippen LogP contribution in [0, 0.1) is 0 Å². The van der Waals surface area contributed by atoms with Gasteiger partial charge in [-0.15, -0.1) is 11.3 Å². The van der Waals surface area contributed by atoms with E-state index in [-0.39, 0.29) is 0 Å². The normalized spacial score (nSPS) is 10.9. The molecule has 0 saturated carbocycles. The lowest BCUT2D eigenvalue weighted by Gasteiger charge is -2.09. The van der Waals surface area contributed by atoms with E-state index in [0.717, 1.165) is 28.6 Å². The van der Waals surface area contributed by atoms with E-state index in [2.05, 4.69) is 56.7 Å². The van der Waals surface area contributed by atoms with Crippen LogP contribution in [0.2, 0.25) is 0 Å². The Kier molecular flexibility index (Phi) is 4.03. The van der Waals surface area contributed by atoms with Crippen LogP contribution in [0.25, 0.3) is 10.8 Å². The van der Waals surface area contributed by atoms with Crippen LogP contribution in [0.4, 0.5) is 5.82 Å². The van der Waals surface area contributed by atoms with Crippen LogP contribution < -0.4 is 5.32 Å². The molecule has 0 amide bonds. The second kappa shape index (κ2) is 5.94. The average Bonchev–Trinajstić information content (AvgIpc) is 2.93. The van der Waals surface area contributed by atoms with Crippen LogP contribution in [-0.4, -0.2) is 4.98 Å². The number of pyridine rings is 1. The van der Waals surface area contributed by atoms with E-state index in [1.807, 2.05) is 18.3 Å². The minimum atomic E-state index is 0.833. The number of nitrogens with zero attached hydrogens (tertiary/aromatic N) is 1. The number of fused-ring (bicyclic) bond motifs is 1. The monoisotopic (exact) mass is 346 g/mol. The van der Waals surface area contributed by atoms with E-state index in [4.69, 9.17) is 0 Å². The van der Waals surface area contributed by atoms with Crippen molar-refractivity contribution >= 4 is 43.9 Å². The molecule has 2 aromatic heterocycles. The summed E-state index contributed by atoms with van der Waals surface area (Å²) >= 11 is 5.39. The Hall–Kier alpha value is -1.39. The van der Waals surface area contributed by atoms with Crippen LogP contribution in [0.5, 0.6) is 0 Å². The van der Waals surface area contributed by atoms with Crippen molar-refractivity contribution in [3.05, 3.63) is 56.8 Å². The summed E-state index contributed by atoms with van der Waals surface area (Å²) in [5.74, 6) is 0.944. The molecular formula is C16H15BrN2S. The molecular weight excluding hydrogens is 332 g/mol. The third-order valence-electron chi connectivity index (χ3n) is 3.39. The number of aryl methyl sites for hydroxylation is 1. The van der Waals surface area contributed by atoms with Crippen molar-refractivity contribution < 1.29 is 0 Å². The molecule has 0 spiro atoms. The van der Waals surface area contributed by atoms with E-state index in [1.165, 1.54) is 15.8 Å². The first-order valence-corrected chi connectivity index (χ1v) is 8.29. The molecule has 3 rings (SSSR count). The van der Waals surface area contributed by atoms with Gasteiger partial charge < -0.3 is 5.32 Å². The molecule has 4 heteroatoms. The van der Waals surface area contributed by atoms with Gasteiger partial charge in [-0.05, 0) is 35.6 Å². The maximum Gasteiger partial charge on any atom is 0.134 e. The third kappa shape index (κ3) is 2.58. The molecule has 0 aliphatic heterocycles. The topological polar surface area (TPSA) is 24.9 Å². The summed E-state index contributed by atoms with van der Waals surface area (Å²) in [5.41, 5.74) is 1.42. The third-order valence-corrected chi connectivity index (χ3v) is 5.04. The second-order valence-electron chi connectivity index (χ2n) is 4.57. The van der Waals surface area contributed by atoms with Crippen molar-refractivity contribution in [2.75, 3.05) is 5.32 Å². The summed E-state index contributed by atoms with van der Waals surface area (Å²) in [4.78, 5) is 5.87. The summed E-state index contributed by atoms with van der Waals surface area (Å²) in [6.45, 7) is 3.03. The van der Waals surface area contributed by atoms with Crippen molar-refractivity contribution in [3.63, 3.8) is 0 Å². The number of benzene rings is 1. The minimum Gasteiger partial charge on any atom is -0.365 e. The minimum absolute atomic E-state index is 0.833. The van der Waals surface area contributed by atoms with E-state index in [1.54, 1.807) is 11.3 Å². The molecule has 1 aromatic carbocycles. The Bertz CT molecular complexity index is 736. The fourth-order valence-electron chi connectivity index (χ4n) is 2.31. The zero-order chi connectivity index (χ0) is 13.9. The number of nitrogens with one attached hydrogen (secondary N) is 1. The van der Waals surface area contributed by atoms with Crippen LogP contribution >= 0.6 is 27.3 Å². The van der Waals surface area contributed by atoms with Crippen molar-refractivity contribution in [1.29, 1.82) is 0 Å². The fraction of sp³-hybridized carbons (Fsp3) is 0.188. The highest BCUT2D eigenvalue weighted by molar-refractivity contribution is 9.10. The fourth-order valence-corrected chi connectivity index (χ4v) is 3.72. The number of thiophene rings is 1. The van der Waals surface area contributed by atoms with Gasteiger partial charge in [-0.3, -0.25) is 0 Å². The number of anilines is 1. The summed E-state index contributed by atoms with van der Waals surface area (Å²) in [5, 5.41) is 7.96. The van der Waals surface area contributed by atoms with Gasteiger partial charge in [0.1, 0.15) is 5.82 Å². The van der Waals surface area contributed by atoms with E-state index in [0.29, 0.717) is 0 Å². The molecule has 3 aromatic rings. The Labute approximate surface area is 131 Å². The number of halogens is 1. The Morgan fingerprint density at radius 1 is 1.20 bits per heavy atom. The molecule has 20 heavy (non-hydrogen) atoms. The maximum atomic E-state index is 4.48. The predicted molar refractivity (Wildman–Crippen MR) is 90.5 cm³/mol. The molecule has 0 radical (unpaired) electrons. The van der Waals surface area contributed by atoms with Gasteiger partial charge in [-0.1, -0.05) is 35.0 Å². The van der Waals surface area contributed by atoms with Crippen molar-refractivity contribution in [2.24, 2.45) is 0 Å². The Balaban J connectivity index is 1.90. The molecule has 0 aliphatic rings. The molecule has 1 N–H and O–H groups in total. The zero-order valence-electron chi connectivity index (χ0n) is 11.2. The van der Waals surface area contributed by atoms with E-state index >= 15 is 0 Å².